The van der Waals surface area contributed by atoms with Crippen molar-refractivity contribution in [2.75, 3.05) is 0 Å². The van der Waals surface area contributed by atoms with Crippen molar-refractivity contribution in [2.45, 2.75) is 19.1 Å². The highest BCUT2D eigenvalue weighted by molar-refractivity contribution is 6.21. The van der Waals surface area contributed by atoms with Crippen molar-refractivity contribution in [1.82, 2.24) is 19.1 Å². The van der Waals surface area contributed by atoms with Crippen LogP contribution in [0.1, 0.15) is 33.1 Å². The number of hydrogen-bond donors (Lipinski definition) is 0. The number of benzene rings is 7. The Balaban J connectivity index is 1.12. The Kier molecular flexibility index (Phi) is 4.75. The van der Waals surface area contributed by atoms with Crippen molar-refractivity contribution in [1.29, 1.82) is 0 Å². The zero-order valence-corrected chi connectivity index (χ0v) is 28.7. The van der Waals surface area contributed by atoms with Crippen LogP contribution in [0.2, 0.25) is 0 Å². The van der Waals surface area contributed by atoms with Crippen LogP contribution >= 0.6 is 0 Å². The molecule has 12 rings (SSSR count). The highest BCUT2D eigenvalue weighted by Crippen LogP contribution is 2.50. The van der Waals surface area contributed by atoms with Crippen molar-refractivity contribution >= 4 is 65.7 Å². The molecule has 0 saturated carbocycles. The number of hydrogen-bond acceptors (Lipinski definition) is 3. The third-order valence-corrected chi connectivity index (χ3v) is 11.2. The first-order valence-corrected chi connectivity index (χ1v) is 18.0. The second-order valence-electron chi connectivity index (χ2n) is 14.1. The van der Waals surface area contributed by atoms with Gasteiger partial charge in [0, 0.05) is 57.4 Å². The molecule has 5 heteroatoms. The van der Waals surface area contributed by atoms with Gasteiger partial charge < -0.3 is 8.98 Å². The van der Waals surface area contributed by atoms with Crippen molar-refractivity contribution in [2.24, 2.45) is 0 Å². The lowest BCUT2D eigenvalue weighted by molar-refractivity contribution is 0.612. The average Bonchev–Trinajstić information content (AvgIpc) is 3.90. The van der Waals surface area contributed by atoms with E-state index in [4.69, 9.17) is 22.6 Å². The zero-order valence-electron chi connectivity index (χ0n) is 34.7. The van der Waals surface area contributed by atoms with E-state index in [-0.39, 0.29) is 11.1 Å². The summed E-state index contributed by atoms with van der Waals surface area (Å²) in [5, 5.41) is 5.42. The van der Waals surface area contributed by atoms with Crippen LogP contribution in [0.5, 0.6) is 0 Å². The largest absolute Gasteiger partial charge is 0.439 e. The molecule has 11 aromatic rings. The van der Waals surface area contributed by atoms with Crippen LogP contribution in [0.4, 0.5) is 0 Å². The lowest BCUT2D eigenvalue weighted by Crippen LogP contribution is -2.26. The van der Waals surface area contributed by atoms with E-state index >= 15 is 0 Å². The highest BCUT2D eigenvalue weighted by Gasteiger charge is 2.37. The van der Waals surface area contributed by atoms with Gasteiger partial charge in [-0.1, -0.05) is 111 Å². The van der Waals surface area contributed by atoms with E-state index in [9.17, 15) is 0 Å². The van der Waals surface area contributed by atoms with Crippen molar-refractivity contribution < 1.29 is 12.6 Å². The summed E-state index contributed by atoms with van der Waals surface area (Å²) in [6, 6.07) is 51.2. The third kappa shape index (κ3) is 3.88. The summed E-state index contributed by atoms with van der Waals surface area (Å²) in [6.45, 7) is -6.00. The van der Waals surface area contributed by atoms with Crippen molar-refractivity contribution in [3.63, 3.8) is 0 Å². The molecule has 1 aliphatic rings. The molecule has 0 unspecified atom stereocenters. The van der Waals surface area contributed by atoms with E-state index in [0.717, 1.165) is 54.6 Å². The standard InChI is InChI=1S/C49H32N4O/c1-49(2)37-19-12-18-35-44-34-17-8-11-22-43(34)54-48(44)53(46(35)37)42-26-24-30(28-38(42)49)47-50-39-20-9-6-16-33(39)45(51-47)29-23-25-41-36(27-29)32-15-7-10-21-40(32)52(41)31-13-4-3-5-14-31/h3-28H,1-2H3/i1D3,2D3. The van der Waals surface area contributed by atoms with Gasteiger partial charge in [0.1, 0.15) is 5.58 Å². The quantitative estimate of drug-likeness (QED) is 0.185. The van der Waals surface area contributed by atoms with Gasteiger partial charge in [-0.2, -0.15) is 0 Å². The van der Waals surface area contributed by atoms with Gasteiger partial charge in [-0.05, 0) is 71.8 Å². The number of nitrogens with zero attached hydrogens (tertiary/aromatic N) is 4. The molecule has 0 amide bonds. The molecular weight excluding hydrogens is 661 g/mol. The number of rotatable bonds is 3. The maximum Gasteiger partial charge on any atom is 0.213 e. The molecule has 1 aliphatic heterocycles. The molecule has 0 N–H and O–H groups in total. The molecule has 4 aromatic heterocycles. The smallest absolute Gasteiger partial charge is 0.213 e. The average molecular weight is 699 g/mol. The molecule has 54 heavy (non-hydrogen) atoms. The maximum atomic E-state index is 9.11. The maximum absolute atomic E-state index is 9.11. The molecule has 0 radical (unpaired) electrons. The van der Waals surface area contributed by atoms with E-state index in [2.05, 4.69) is 47.0 Å². The number of furan rings is 1. The van der Waals surface area contributed by atoms with E-state index in [0.29, 0.717) is 45.1 Å². The van der Waals surface area contributed by atoms with Crippen LogP contribution in [0.25, 0.3) is 99.7 Å². The number of aromatic nitrogens is 4. The van der Waals surface area contributed by atoms with Crippen LogP contribution < -0.4 is 0 Å². The summed E-state index contributed by atoms with van der Waals surface area (Å²) in [7, 11) is 0. The van der Waals surface area contributed by atoms with E-state index < -0.39 is 19.1 Å². The first-order valence-electron chi connectivity index (χ1n) is 21.0. The Morgan fingerprint density at radius 1 is 0.556 bits per heavy atom. The Labute approximate surface area is 318 Å². The minimum absolute atomic E-state index is 0.131. The van der Waals surface area contributed by atoms with Gasteiger partial charge in [0.2, 0.25) is 5.71 Å². The number of para-hydroxylation sites is 5. The highest BCUT2D eigenvalue weighted by atomic mass is 16.3. The summed E-state index contributed by atoms with van der Waals surface area (Å²) >= 11 is 0. The van der Waals surface area contributed by atoms with Crippen LogP contribution in [-0.4, -0.2) is 19.1 Å². The molecular formula is C49H32N4O. The summed E-state index contributed by atoms with van der Waals surface area (Å²) in [6.07, 6.45) is 0. The van der Waals surface area contributed by atoms with Crippen LogP contribution in [0, 0.1) is 0 Å². The predicted octanol–water partition coefficient (Wildman–Crippen LogP) is 12.5. The SMILES string of the molecule is [2H]C([2H])([2H])C1(C([2H])([2H])[2H])c2cc(-c3nc(-c4ccc5c(c4)c4ccccc4n5-c4ccccc4)c4ccccc4n3)ccc2-n2c3oc4ccccc4c3c3cccc1c32. The Morgan fingerprint density at radius 2 is 1.30 bits per heavy atom. The molecule has 7 aromatic carbocycles. The van der Waals surface area contributed by atoms with E-state index in [1.54, 1.807) is 24.3 Å². The molecule has 0 fully saturated rings. The van der Waals surface area contributed by atoms with E-state index in [1.807, 2.05) is 95.6 Å². The fourth-order valence-electron chi connectivity index (χ4n) is 8.79. The molecule has 0 aliphatic carbocycles. The van der Waals surface area contributed by atoms with Crippen LogP contribution in [-0.2, 0) is 5.41 Å². The fraction of sp³-hybridized carbons (Fsp3) is 0.0612. The molecule has 5 nitrogen and oxygen atoms in total. The molecule has 0 atom stereocenters. The van der Waals surface area contributed by atoms with Gasteiger partial charge in [-0.15, -0.1) is 0 Å². The first kappa shape index (κ1) is 24.3. The lowest BCUT2D eigenvalue weighted by atomic mass is 9.74. The molecule has 0 spiro atoms. The van der Waals surface area contributed by atoms with Gasteiger partial charge in [-0.3, -0.25) is 4.57 Å². The second kappa shape index (κ2) is 10.6. The van der Waals surface area contributed by atoms with E-state index in [1.165, 1.54) is 0 Å². The zero-order chi connectivity index (χ0) is 40.7. The lowest BCUT2D eigenvalue weighted by Gasteiger charge is -2.34. The fourth-order valence-corrected chi connectivity index (χ4v) is 8.79. The van der Waals surface area contributed by atoms with Gasteiger partial charge in [0.25, 0.3) is 0 Å². The summed E-state index contributed by atoms with van der Waals surface area (Å²) in [5.41, 5.74) is 6.04. The predicted molar refractivity (Wildman–Crippen MR) is 221 cm³/mol. The normalized spacial score (nSPS) is 15.6. The number of fused-ring (bicyclic) bond motifs is 11. The topological polar surface area (TPSA) is 48.8 Å². The Bertz CT molecular complexity index is 3580. The van der Waals surface area contributed by atoms with Crippen molar-refractivity contribution in [3.8, 4) is 34.0 Å². The minimum atomic E-state index is -3.00. The van der Waals surface area contributed by atoms with Gasteiger partial charge >= 0.3 is 0 Å². The van der Waals surface area contributed by atoms with Crippen LogP contribution in [0.3, 0.4) is 0 Å². The minimum Gasteiger partial charge on any atom is -0.439 e. The monoisotopic (exact) mass is 698 g/mol. The van der Waals surface area contributed by atoms with Gasteiger partial charge in [0.15, 0.2) is 5.82 Å². The molecule has 5 heterocycles. The second-order valence-corrected chi connectivity index (χ2v) is 14.1. The van der Waals surface area contributed by atoms with Gasteiger partial charge in [0.05, 0.1) is 38.8 Å². The van der Waals surface area contributed by atoms with Gasteiger partial charge in [-0.25, -0.2) is 9.97 Å². The molecule has 254 valence electrons. The van der Waals surface area contributed by atoms with Crippen LogP contribution in [0.15, 0.2) is 162 Å². The molecule has 0 bridgehead atoms. The first-order chi connectivity index (χ1) is 29.0. The summed E-state index contributed by atoms with van der Waals surface area (Å²) in [5.74, 6) is 0.341. The Morgan fingerprint density at radius 3 is 2.19 bits per heavy atom. The molecule has 0 saturated heterocycles. The van der Waals surface area contributed by atoms with Crippen molar-refractivity contribution in [3.05, 3.63) is 169 Å². The summed E-state index contributed by atoms with van der Waals surface area (Å²) in [4.78, 5) is 10.3. The summed E-state index contributed by atoms with van der Waals surface area (Å²) < 4.78 is 65.3. The third-order valence-electron chi connectivity index (χ3n) is 11.2. The Hall–Kier alpha value is -6.98.